The van der Waals surface area contributed by atoms with Crippen LogP contribution in [-0.2, 0) is 9.53 Å². The van der Waals surface area contributed by atoms with Crippen LogP contribution in [0, 0.1) is 5.82 Å². The average Bonchev–Trinajstić information content (AvgIpc) is 2.65. The molecule has 2 aromatic carbocycles. The number of halogens is 1. The van der Waals surface area contributed by atoms with Crippen LogP contribution in [-0.4, -0.2) is 29.3 Å². The molecule has 6 nitrogen and oxygen atoms in total. The zero-order chi connectivity index (χ0) is 19.8. The van der Waals surface area contributed by atoms with E-state index in [1.807, 2.05) is 0 Å². The first-order chi connectivity index (χ1) is 12.9. The van der Waals surface area contributed by atoms with Crippen molar-refractivity contribution in [2.75, 3.05) is 18.2 Å². The normalized spacial score (nSPS) is 13.4. The number of carbonyl (C=O) groups is 1. The van der Waals surface area contributed by atoms with Gasteiger partial charge in [-0.2, -0.15) is 0 Å². The standard InChI is InChI=1S/C20H23FN2O4/c1-27-18(20(26)13-10-11-17(24)14(21)12-13)8-4-5-9-19(25)23-16-7-3-2-6-15(16)22/h2-3,5-7,9-12,18,20,24,26H,4,8,22H2,1H3,(H,23,25)/b9-5+/t18-,20-/m0/s1. The number of carbonyl (C=O) groups excluding carboxylic acids is 1. The number of benzene rings is 2. The minimum atomic E-state index is -1.06. The van der Waals surface area contributed by atoms with Crippen LogP contribution in [0.4, 0.5) is 15.8 Å². The predicted octanol–water partition coefficient (Wildman–Crippen LogP) is 3.14. The van der Waals surface area contributed by atoms with E-state index in [4.69, 9.17) is 10.5 Å². The summed E-state index contributed by atoms with van der Waals surface area (Å²) in [6.45, 7) is 0. The molecule has 0 unspecified atom stereocenters. The van der Waals surface area contributed by atoms with Crippen molar-refractivity contribution in [2.24, 2.45) is 0 Å². The number of nitrogens with one attached hydrogen (secondary N) is 1. The van der Waals surface area contributed by atoms with Gasteiger partial charge in [-0.05, 0) is 48.7 Å². The number of nitrogen functional groups attached to an aromatic ring is 1. The molecule has 0 spiro atoms. The first-order valence-electron chi connectivity index (χ1n) is 8.43. The first kappa shape index (κ1) is 20.4. The van der Waals surface area contributed by atoms with E-state index in [9.17, 15) is 19.4 Å². The zero-order valence-electron chi connectivity index (χ0n) is 14.9. The molecular weight excluding hydrogens is 351 g/mol. The number of allylic oxidation sites excluding steroid dienone is 1. The molecule has 0 bridgehead atoms. The number of methoxy groups -OCH3 is 1. The summed E-state index contributed by atoms with van der Waals surface area (Å²) in [5, 5.41) is 22.2. The van der Waals surface area contributed by atoms with Crippen LogP contribution in [0.5, 0.6) is 5.75 Å². The summed E-state index contributed by atoms with van der Waals surface area (Å²) >= 11 is 0. The van der Waals surface area contributed by atoms with Crippen LogP contribution in [0.15, 0.2) is 54.6 Å². The van der Waals surface area contributed by atoms with E-state index in [-0.39, 0.29) is 5.91 Å². The summed E-state index contributed by atoms with van der Waals surface area (Å²) in [5.74, 6) is -1.60. The van der Waals surface area contributed by atoms with E-state index in [0.29, 0.717) is 29.8 Å². The zero-order valence-corrected chi connectivity index (χ0v) is 14.9. The smallest absolute Gasteiger partial charge is 0.248 e. The number of aromatic hydroxyl groups is 1. The summed E-state index contributed by atoms with van der Waals surface area (Å²) < 4.78 is 18.7. The Balaban J connectivity index is 1.87. The third-order valence-electron chi connectivity index (χ3n) is 4.07. The molecule has 0 heterocycles. The van der Waals surface area contributed by atoms with Crippen LogP contribution in [0.25, 0.3) is 0 Å². The molecule has 0 aliphatic heterocycles. The van der Waals surface area contributed by atoms with Crippen LogP contribution in [0.1, 0.15) is 24.5 Å². The Kier molecular flexibility index (Phi) is 7.34. The number of hydrogen-bond acceptors (Lipinski definition) is 5. The Morgan fingerprint density at radius 3 is 2.74 bits per heavy atom. The van der Waals surface area contributed by atoms with E-state index in [2.05, 4.69) is 5.32 Å². The summed E-state index contributed by atoms with van der Waals surface area (Å²) in [6.07, 6.45) is 2.27. The molecule has 1 amide bonds. The van der Waals surface area contributed by atoms with E-state index in [1.54, 1.807) is 30.3 Å². The second-order valence-electron chi connectivity index (χ2n) is 5.99. The summed E-state index contributed by atoms with van der Waals surface area (Å²) in [4.78, 5) is 11.9. The van der Waals surface area contributed by atoms with Crippen LogP contribution in [0.2, 0.25) is 0 Å². The van der Waals surface area contributed by atoms with E-state index in [0.717, 1.165) is 6.07 Å². The lowest BCUT2D eigenvalue weighted by Crippen LogP contribution is -2.21. The molecule has 0 saturated heterocycles. The van der Waals surface area contributed by atoms with E-state index < -0.39 is 23.8 Å². The lowest BCUT2D eigenvalue weighted by molar-refractivity contribution is -0.111. The maximum absolute atomic E-state index is 13.4. The Morgan fingerprint density at radius 1 is 1.33 bits per heavy atom. The fraction of sp³-hybridized carbons (Fsp3) is 0.250. The minimum Gasteiger partial charge on any atom is -0.505 e. The van der Waals surface area contributed by atoms with Crippen LogP contribution < -0.4 is 11.1 Å². The van der Waals surface area contributed by atoms with Crippen molar-refractivity contribution in [3.8, 4) is 5.75 Å². The molecule has 7 heteroatoms. The van der Waals surface area contributed by atoms with Gasteiger partial charge in [0.25, 0.3) is 0 Å². The number of rotatable bonds is 8. The van der Waals surface area contributed by atoms with Crippen molar-refractivity contribution in [3.63, 3.8) is 0 Å². The highest BCUT2D eigenvalue weighted by Gasteiger charge is 2.21. The van der Waals surface area contributed by atoms with Crippen molar-refractivity contribution in [1.82, 2.24) is 0 Å². The number of ether oxygens (including phenoxy) is 1. The average molecular weight is 374 g/mol. The van der Waals surface area contributed by atoms with E-state index >= 15 is 0 Å². The Bertz CT molecular complexity index is 810. The molecule has 144 valence electrons. The number of phenolic OH excluding ortho intramolecular Hbond substituents is 1. The lowest BCUT2D eigenvalue weighted by atomic mass is 10.00. The molecule has 2 aromatic rings. The topological polar surface area (TPSA) is 105 Å². The van der Waals surface area contributed by atoms with Crippen molar-refractivity contribution in [2.45, 2.75) is 25.0 Å². The van der Waals surface area contributed by atoms with Gasteiger partial charge in [0.15, 0.2) is 11.6 Å². The number of hydrogen-bond donors (Lipinski definition) is 4. The van der Waals surface area contributed by atoms with Gasteiger partial charge >= 0.3 is 0 Å². The van der Waals surface area contributed by atoms with Crippen LogP contribution >= 0.6 is 0 Å². The number of amides is 1. The van der Waals surface area contributed by atoms with Crippen molar-refractivity contribution >= 4 is 17.3 Å². The molecule has 0 saturated carbocycles. The van der Waals surface area contributed by atoms with Gasteiger partial charge in [0, 0.05) is 7.11 Å². The maximum Gasteiger partial charge on any atom is 0.248 e. The number of anilines is 2. The van der Waals surface area contributed by atoms with Gasteiger partial charge in [0.1, 0.15) is 6.10 Å². The predicted molar refractivity (Wildman–Crippen MR) is 102 cm³/mol. The molecule has 0 aliphatic rings. The number of aliphatic hydroxyl groups is 1. The fourth-order valence-corrected chi connectivity index (χ4v) is 2.56. The van der Waals surface area contributed by atoms with Gasteiger partial charge in [-0.25, -0.2) is 4.39 Å². The van der Waals surface area contributed by atoms with Gasteiger partial charge in [-0.1, -0.05) is 24.3 Å². The number of nitrogens with two attached hydrogens (primary N) is 1. The van der Waals surface area contributed by atoms with Crippen molar-refractivity contribution in [1.29, 1.82) is 0 Å². The molecule has 2 rings (SSSR count). The number of aliphatic hydroxyl groups excluding tert-OH is 1. The Hall–Kier alpha value is -2.90. The third-order valence-corrected chi connectivity index (χ3v) is 4.07. The Labute approximate surface area is 157 Å². The molecule has 0 fully saturated rings. The minimum absolute atomic E-state index is 0.304. The molecule has 0 aromatic heterocycles. The quantitative estimate of drug-likeness (QED) is 0.420. The van der Waals surface area contributed by atoms with Gasteiger partial charge in [0.2, 0.25) is 5.91 Å². The molecular formula is C20H23FN2O4. The van der Waals surface area contributed by atoms with Gasteiger partial charge in [-0.3, -0.25) is 4.79 Å². The summed E-state index contributed by atoms with van der Waals surface area (Å²) in [6, 6.07) is 10.6. The second-order valence-corrected chi connectivity index (χ2v) is 5.99. The highest BCUT2D eigenvalue weighted by molar-refractivity contribution is 6.01. The molecule has 5 N–H and O–H groups in total. The van der Waals surface area contributed by atoms with Gasteiger partial charge in [-0.15, -0.1) is 0 Å². The van der Waals surface area contributed by atoms with Gasteiger partial charge < -0.3 is 26.0 Å². The molecule has 0 aliphatic carbocycles. The van der Waals surface area contributed by atoms with Gasteiger partial charge in [0.05, 0.1) is 17.5 Å². The lowest BCUT2D eigenvalue weighted by Gasteiger charge is -2.21. The molecule has 0 radical (unpaired) electrons. The molecule has 27 heavy (non-hydrogen) atoms. The largest absolute Gasteiger partial charge is 0.505 e. The van der Waals surface area contributed by atoms with E-state index in [1.165, 1.54) is 25.3 Å². The Morgan fingerprint density at radius 2 is 2.07 bits per heavy atom. The molecule has 2 atom stereocenters. The first-order valence-corrected chi connectivity index (χ1v) is 8.43. The highest BCUT2D eigenvalue weighted by Crippen LogP contribution is 2.26. The number of phenols is 1. The fourth-order valence-electron chi connectivity index (χ4n) is 2.56. The van der Waals surface area contributed by atoms with Crippen molar-refractivity contribution in [3.05, 3.63) is 66.0 Å². The monoisotopic (exact) mass is 374 g/mol. The highest BCUT2D eigenvalue weighted by atomic mass is 19.1. The number of para-hydroxylation sites is 2. The van der Waals surface area contributed by atoms with Crippen molar-refractivity contribution < 1.29 is 24.1 Å². The summed E-state index contributed by atoms with van der Waals surface area (Å²) in [5.41, 5.74) is 7.08. The maximum atomic E-state index is 13.4. The van der Waals surface area contributed by atoms with Crippen LogP contribution in [0.3, 0.4) is 0 Å². The summed E-state index contributed by atoms with van der Waals surface area (Å²) in [7, 11) is 1.44. The third kappa shape index (κ3) is 5.80. The second kappa shape index (κ2) is 9.70. The SMILES string of the molecule is CO[C@@H](CC/C=C/C(=O)Nc1ccccc1N)[C@@H](O)c1ccc(O)c(F)c1.